The smallest absolute Gasteiger partial charge is 0.224 e. The van der Waals surface area contributed by atoms with Gasteiger partial charge in [0.05, 0.1) is 31.0 Å². The highest BCUT2D eigenvalue weighted by Gasteiger charge is 2.36. The molecule has 2 fully saturated rings. The van der Waals surface area contributed by atoms with Crippen LogP contribution in [0.3, 0.4) is 0 Å². The minimum absolute atomic E-state index is 0.343. The van der Waals surface area contributed by atoms with E-state index in [9.17, 15) is 0 Å². The molecule has 3 aliphatic heterocycles. The van der Waals surface area contributed by atoms with Crippen LogP contribution < -0.4 is 4.90 Å². The number of halogens is 1. The van der Waals surface area contributed by atoms with E-state index in [1.807, 2.05) is 0 Å². The first-order valence-electron chi connectivity index (χ1n) is 7.89. The average molecular weight is 309 g/mol. The lowest BCUT2D eigenvalue weighted by atomic mass is 9.97. The summed E-state index contributed by atoms with van der Waals surface area (Å²) in [5, 5.41) is 0.385. The largest absolute Gasteiger partial charge is 0.377 e. The van der Waals surface area contributed by atoms with Crippen molar-refractivity contribution in [3.8, 4) is 0 Å². The fourth-order valence-corrected chi connectivity index (χ4v) is 4.09. The van der Waals surface area contributed by atoms with Gasteiger partial charge in [-0.15, -0.1) is 0 Å². The highest BCUT2D eigenvalue weighted by atomic mass is 35.5. The monoisotopic (exact) mass is 308 g/mol. The molecule has 3 aliphatic rings. The number of hydrogen-bond acceptors (Lipinski definition) is 5. The van der Waals surface area contributed by atoms with E-state index in [1.165, 1.54) is 30.6 Å². The van der Waals surface area contributed by atoms with E-state index in [0.717, 1.165) is 38.5 Å². The lowest BCUT2D eigenvalue weighted by Crippen LogP contribution is -2.45. The van der Waals surface area contributed by atoms with Gasteiger partial charge >= 0.3 is 0 Å². The van der Waals surface area contributed by atoms with Gasteiger partial charge in [0.15, 0.2) is 0 Å². The van der Waals surface area contributed by atoms with Gasteiger partial charge < -0.3 is 9.64 Å². The molecule has 0 bridgehead atoms. The number of rotatable bonds is 1. The Kier molecular flexibility index (Phi) is 3.52. The number of nitrogens with zero attached hydrogens (tertiary/aromatic N) is 4. The molecule has 0 aliphatic carbocycles. The lowest BCUT2D eigenvalue weighted by molar-refractivity contribution is 0.0983. The van der Waals surface area contributed by atoms with Gasteiger partial charge in [0, 0.05) is 18.7 Å². The molecule has 1 aromatic heterocycles. The minimum Gasteiger partial charge on any atom is -0.377 e. The maximum atomic E-state index is 6.24. The third-order valence-electron chi connectivity index (χ3n) is 4.96. The summed E-state index contributed by atoms with van der Waals surface area (Å²) in [5.41, 5.74) is 2.49. The van der Waals surface area contributed by atoms with Crippen molar-refractivity contribution in [2.75, 3.05) is 37.7 Å². The van der Waals surface area contributed by atoms with E-state index in [-0.39, 0.29) is 0 Å². The van der Waals surface area contributed by atoms with Crippen molar-refractivity contribution in [2.45, 2.75) is 38.3 Å². The predicted molar refractivity (Wildman–Crippen MR) is 81.9 cm³/mol. The summed E-state index contributed by atoms with van der Waals surface area (Å²) in [6, 6.07) is 0.791. The zero-order valence-corrected chi connectivity index (χ0v) is 13.1. The summed E-state index contributed by atoms with van der Waals surface area (Å²) in [6.07, 6.45) is 3.48. The summed E-state index contributed by atoms with van der Waals surface area (Å²) in [4.78, 5) is 14.1. The van der Waals surface area contributed by atoms with Crippen molar-refractivity contribution in [1.82, 2.24) is 14.9 Å². The third-order valence-corrected chi connectivity index (χ3v) is 5.13. The Morgan fingerprint density at radius 2 is 2.14 bits per heavy atom. The van der Waals surface area contributed by atoms with Gasteiger partial charge in [-0.25, -0.2) is 9.97 Å². The van der Waals surface area contributed by atoms with Gasteiger partial charge in [-0.05, 0) is 44.3 Å². The topological polar surface area (TPSA) is 41.5 Å². The Hall–Kier alpha value is -0.910. The maximum absolute atomic E-state index is 6.24. The second-order valence-corrected chi connectivity index (χ2v) is 6.58. The minimum atomic E-state index is 0.343. The summed E-state index contributed by atoms with van der Waals surface area (Å²) in [5.74, 6) is 1.05. The molecule has 2 atom stereocenters. The fourth-order valence-electron chi connectivity index (χ4n) is 3.92. The Labute approximate surface area is 130 Å². The second kappa shape index (κ2) is 5.38. The van der Waals surface area contributed by atoms with Crippen molar-refractivity contribution >= 4 is 17.4 Å². The summed E-state index contributed by atoms with van der Waals surface area (Å²) < 4.78 is 5.55. The zero-order chi connectivity index (χ0) is 14.4. The van der Waals surface area contributed by atoms with Crippen LogP contribution in [0.2, 0.25) is 5.28 Å². The molecule has 0 radical (unpaired) electrons. The van der Waals surface area contributed by atoms with Crippen LogP contribution in [0.4, 0.5) is 5.82 Å². The second-order valence-electron chi connectivity index (χ2n) is 6.24. The van der Waals surface area contributed by atoms with Gasteiger partial charge in [0.25, 0.3) is 0 Å². The van der Waals surface area contributed by atoms with Gasteiger partial charge in [-0.2, -0.15) is 0 Å². The van der Waals surface area contributed by atoms with Crippen LogP contribution in [0.15, 0.2) is 0 Å². The van der Waals surface area contributed by atoms with E-state index in [0.29, 0.717) is 17.4 Å². The quantitative estimate of drug-likeness (QED) is 0.743. The van der Waals surface area contributed by atoms with E-state index in [2.05, 4.69) is 26.7 Å². The van der Waals surface area contributed by atoms with Crippen LogP contribution in [-0.4, -0.2) is 53.8 Å². The molecule has 0 saturated carbocycles. The van der Waals surface area contributed by atoms with E-state index in [4.69, 9.17) is 16.3 Å². The lowest BCUT2D eigenvalue weighted by Gasteiger charge is -2.38. The van der Waals surface area contributed by atoms with Crippen LogP contribution in [0.1, 0.15) is 37.1 Å². The van der Waals surface area contributed by atoms with Crippen LogP contribution >= 0.6 is 11.6 Å². The molecule has 0 amide bonds. The van der Waals surface area contributed by atoms with Gasteiger partial charge in [-0.1, -0.05) is 0 Å². The van der Waals surface area contributed by atoms with Crippen molar-refractivity contribution < 1.29 is 4.74 Å². The molecule has 4 rings (SSSR count). The normalized spacial score (nSPS) is 29.3. The number of hydrogen-bond donors (Lipinski definition) is 0. The molecule has 0 aromatic carbocycles. The molecule has 0 N–H and O–H groups in total. The first-order valence-corrected chi connectivity index (χ1v) is 8.26. The van der Waals surface area contributed by atoms with Crippen molar-refractivity contribution in [1.29, 1.82) is 0 Å². The Bertz CT molecular complexity index is 553. The summed E-state index contributed by atoms with van der Waals surface area (Å²) in [6.45, 7) is 6.90. The molecule has 6 heteroatoms. The molecule has 5 nitrogen and oxygen atoms in total. The molecule has 1 aromatic rings. The molecular formula is C15H21ClN4O. The van der Waals surface area contributed by atoms with Crippen LogP contribution in [0.5, 0.6) is 0 Å². The number of aromatic nitrogens is 2. The Morgan fingerprint density at radius 1 is 1.24 bits per heavy atom. The first-order chi connectivity index (χ1) is 10.2. The molecule has 1 unspecified atom stereocenters. The van der Waals surface area contributed by atoms with Crippen LogP contribution in [-0.2, 0) is 11.2 Å². The SMILES string of the molecule is C[C@H]1COCCN1c1nc(Cl)nc2c1CCN1CCCC21. The van der Waals surface area contributed by atoms with E-state index in [1.54, 1.807) is 0 Å². The molecule has 114 valence electrons. The molecule has 4 heterocycles. The summed E-state index contributed by atoms with van der Waals surface area (Å²) in [7, 11) is 0. The van der Waals surface area contributed by atoms with E-state index >= 15 is 0 Å². The highest BCUT2D eigenvalue weighted by molar-refractivity contribution is 6.28. The van der Waals surface area contributed by atoms with Crippen LogP contribution in [0, 0.1) is 0 Å². The van der Waals surface area contributed by atoms with Gasteiger partial charge in [-0.3, -0.25) is 4.90 Å². The molecular weight excluding hydrogens is 288 g/mol. The van der Waals surface area contributed by atoms with E-state index < -0.39 is 0 Å². The number of fused-ring (bicyclic) bond motifs is 3. The zero-order valence-electron chi connectivity index (χ0n) is 12.4. The van der Waals surface area contributed by atoms with Gasteiger partial charge in [0.2, 0.25) is 5.28 Å². The fraction of sp³-hybridized carbons (Fsp3) is 0.733. The standard InChI is InChI=1S/C15H21ClN4O/c1-10-9-21-8-7-20(10)14-11-4-6-19-5-2-3-12(19)13(11)17-15(16)18-14/h10,12H,2-9H2,1H3/t10-,12?/m0/s1. The summed E-state index contributed by atoms with van der Waals surface area (Å²) >= 11 is 6.24. The van der Waals surface area contributed by atoms with Crippen LogP contribution in [0.25, 0.3) is 0 Å². The van der Waals surface area contributed by atoms with Gasteiger partial charge in [0.1, 0.15) is 5.82 Å². The van der Waals surface area contributed by atoms with Crippen molar-refractivity contribution in [3.63, 3.8) is 0 Å². The number of anilines is 1. The van der Waals surface area contributed by atoms with Crippen molar-refractivity contribution in [3.05, 3.63) is 16.5 Å². The number of morpholine rings is 1. The maximum Gasteiger partial charge on any atom is 0.224 e. The highest BCUT2D eigenvalue weighted by Crippen LogP contribution is 2.40. The molecule has 0 spiro atoms. The Morgan fingerprint density at radius 3 is 3.00 bits per heavy atom. The molecule has 21 heavy (non-hydrogen) atoms. The molecule has 2 saturated heterocycles. The Balaban J connectivity index is 1.77. The van der Waals surface area contributed by atoms with Crippen molar-refractivity contribution in [2.24, 2.45) is 0 Å². The average Bonchev–Trinajstić information content (AvgIpc) is 2.96. The third kappa shape index (κ3) is 2.31. The predicted octanol–water partition coefficient (Wildman–Crippen LogP) is 2.05. The number of ether oxygens (including phenoxy) is 1. The first kappa shape index (κ1) is 13.7.